The molecule has 3 aliphatic rings. The lowest BCUT2D eigenvalue weighted by atomic mass is 9.72. The van der Waals surface area contributed by atoms with E-state index in [1.165, 1.54) is 37.1 Å². The van der Waals surface area contributed by atoms with E-state index in [-0.39, 0.29) is 40.8 Å². The number of aliphatic hydroxyl groups excluding tert-OH is 1. The van der Waals surface area contributed by atoms with Gasteiger partial charge in [-0.05, 0) is 27.0 Å². The van der Waals surface area contributed by atoms with Gasteiger partial charge in [0.1, 0.15) is 22.8 Å². The van der Waals surface area contributed by atoms with Crippen molar-refractivity contribution >= 4 is 17.3 Å². The summed E-state index contributed by atoms with van der Waals surface area (Å²) in [6, 6.07) is 3.77. The molecular weight excluding hydrogens is 552 g/mol. The van der Waals surface area contributed by atoms with Gasteiger partial charge in [-0.25, -0.2) is 6.67 Å². The predicted octanol–water partition coefficient (Wildman–Crippen LogP) is 1.21. The van der Waals surface area contributed by atoms with Gasteiger partial charge in [0.25, 0.3) is 0 Å². The lowest BCUT2D eigenvalue weighted by Gasteiger charge is -2.48. The highest BCUT2D eigenvalue weighted by atomic mass is 16.7. The summed E-state index contributed by atoms with van der Waals surface area (Å²) >= 11 is 0. The van der Waals surface area contributed by atoms with E-state index >= 15 is 0 Å². The number of hydrogen-bond donors (Lipinski definition) is 5. The van der Waals surface area contributed by atoms with Crippen LogP contribution in [0.15, 0.2) is 18.2 Å². The third kappa shape index (κ3) is 4.67. The summed E-state index contributed by atoms with van der Waals surface area (Å²) in [5, 5.41) is 55.9. The molecule has 5 N–H and O–H groups in total. The maximum Gasteiger partial charge on any atom is 0.202 e. The smallest absolute Gasteiger partial charge is 0.202 e. The summed E-state index contributed by atoms with van der Waals surface area (Å²) < 4.78 is 17.3. The number of benzene rings is 2. The molecule has 0 unspecified atom stereocenters. The maximum absolute atomic E-state index is 13.7. The molecule has 2 aliphatic carbocycles. The first kappa shape index (κ1) is 30.0. The summed E-state index contributed by atoms with van der Waals surface area (Å²) in [7, 11) is 2.90. The number of nitrogens with zero attached hydrogens (tertiary/aromatic N) is 1. The van der Waals surface area contributed by atoms with E-state index in [2.05, 4.69) is 0 Å². The van der Waals surface area contributed by atoms with Crippen molar-refractivity contribution < 1.29 is 49.0 Å². The molecule has 0 saturated carbocycles. The van der Waals surface area contributed by atoms with Crippen LogP contribution in [0.3, 0.4) is 0 Å². The normalized spacial score (nSPS) is 28.7. The molecule has 2 aromatic carbocycles. The Labute approximate surface area is 241 Å². The predicted molar refractivity (Wildman–Crippen MR) is 145 cm³/mol. The lowest BCUT2D eigenvalue weighted by Crippen LogP contribution is -2.55. The monoisotopic (exact) mass is 584 g/mol. The number of methoxy groups -OCH3 is 1. The first-order chi connectivity index (χ1) is 19.8. The molecule has 13 nitrogen and oxygen atoms in total. The molecule has 42 heavy (non-hydrogen) atoms. The number of ether oxygens (including phenoxy) is 3. The molecule has 6 atom stereocenters. The van der Waals surface area contributed by atoms with Crippen LogP contribution in [-0.2, 0) is 20.7 Å². The van der Waals surface area contributed by atoms with Crippen LogP contribution in [0.5, 0.6) is 17.2 Å². The van der Waals surface area contributed by atoms with Crippen molar-refractivity contribution in [1.82, 2.24) is 10.4 Å². The standard InChI is InChI=1S/C29H32N2O11/c1-12-24(33)16(31(3)11-30-39)8-19(41-12)42-18-10-29(38,13(2)32)9-15-21(18)28(37)23-22(26(15)35)25(34)14-6-5-7-17(40-4)20(14)27(23)36/h5-7,11-12,16,18-19,24,30,33,35,37-38H,8-10H2,1-4H3/q-2/t12-,16-,18-,19-,24+,29-/m0/s1. The Morgan fingerprint density at radius 3 is 2.52 bits per heavy atom. The van der Waals surface area contributed by atoms with Gasteiger partial charge in [0.2, 0.25) is 5.78 Å². The molecule has 1 fully saturated rings. The molecule has 0 bridgehead atoms. The molecule has 1 aliphatic heterocycles. The Hall–Kier alpha value is -3.43. The number of rotatable bonds is 7. The van der Waals surface area contributed by atoms with E-state index in [1.54, 1.807) is 19.5 Å². The number of phenols is 2. The zero-order valence-corrected chi connectivity index (χ0v) is 23.4. The quantitative estimate of drug-likeness (QED) is 0.151. The number of hydrogen-bond acceptors (Lipinski definition) is 13. The van der Waals surface area contributed by atoms with Crippen LogP contribution in [-0.4, -0.2) is 87.0 Å². The van der Waals surface area contributed by atoms with Crippen molar-refractivity contribution in [1.29, 1.82) is 0 Å². The van der Waals surface area contributed by atoms with E-state index in [0.717, 1.165) is 6.67 Å². The molecule has 0 aromatic heterocycles. The maximum atomic E-state index is 13.7. The number of phenolic OH excluding ortho intramolecular Hbond substituents is 2. The second kappa shape index (κ2) is 11.0. The van der Waals surface area contributed by atoms with Gasteiger partial charge in [-0.15, -0.1) is 0 Å². The zero-order chi connectivity index (χ0) is 30.7. The van der Waals surface area contributed by atoms with Crippen LogP contribution in [0.25, 0.3) is 0 Å². The van der Waals surface area contributed by atoms with Crippen molar-refractivity contribution in [2.45, 2.75) is 69.4 Å². The van der Waals surface area contributed by atoms with Crippen molar-refractivity contribution in [3.63, 3.8) is 0 Å². The largest absolute Gasteiger partial charge is 0.815 e. The fourth-order valence-electron chi connectivity index (χ4n) is 6.18. The van der Waals surface area contributed by atoms with E-state index in [9.17, 15) is 40.0 Å². The van der Waals surface area contributed by atoms with Gasteiger partial charge in [0.05, 0.1) is 42.1 Å². The van der Waals surface area contributed by atoms with Gasteiger partial charge in [-0.1, -0.05) is 12.1 Å². The number of carbonyl (C=O) groups is 3. The van der Waals surface area contributed by atoms with Crippen LogP contribution in [0.2, 0.25) is 0 Å². The SMILES string of the molecule is COc1cccc2c1C(=O)c1c(O)c3c(c(O)c1C2=O)C[C@@](O)(C(C)=O)C[C@@H]3O[C@H]1C[C@H](N(C)[CH-]N[O-])[C@H](O)[C@H](C)O1. The van der Waals surface area contributed by atoms with Gasteiger partial charge in [-0.2, -0.15) is 0 Å². The Morgan fingerprint density at radius 2 is 1.88 bits per heavy atom. The highest BCUT2D eigenvalue weighted by Crippen LogP contribution is 2.52. The first-order valence-electron chi connectivity index (χ1n) is 13.4. The van der Waals surface area contributed by atoms with Crippen molar-refractivity contribution in [3.05, 3.63) is 63.5 Å². The number of aromatic hydroxyl groups is 2. The highest BCUT2D eigenvalue weighted by Gasteiger charge is 2.49. The average molecular weight is 585 g/mol. The average Bonchev–Trinajstić information content (AvgIpc) is 2.94. The van der Waals surface area contributed by atoms with Gasteiger partial charge in [0, 0.05) is 42.0 Å². The van der Waals surface area contributed by atoms with E-state index in [0.29, 0.717) is 0 Å². The Bertz CT molecular complexity index is 1460. The molecule has 0 radical (unpaired) electrons. The topological polar surface area (TPSA) is 198 Å². The van der Waals surface area contributed by atoms with E-state index in [4.69, 9.17) is 14.2 Å². The van der Waals surface area contributed by atoms with Gasteiger partial charge >= 0.3 is 0 Å². The first-order valence-corrected chi connectivity index (χ1v) is 13.4. The van der Waals surface area contributed by atoms with E-state index < -0.39 is 82.6 Å². The fraction of sp³-hybridized carbons (Fsp3) is 0.448. The molecule has 0 spiro atoms. The second-order valence-electron chi connectivity index (χ2n) is 11.0. The number of likely N-dealkylation sites (N-methyl/N-ethyl adjacent to an activating group) is 1. The third-order valence-corrected chi connectivity index (χ3v) is 8.50. The summed E-state index contributed by atoms with van der Waals surface area (Å²) in [4.78, 5) is 41.4. The molecule has 13 heteroatoms. The lowest BCUT2D eigenvalue weighted by molar-refractivity contribution is -0.256. The number of hydroxylamine groups is 1. The van der Waals surface area contributed by atoms with Gasteiger partial charge in [0.15, 0.2) is 17.9 Å². The Morgan fingerprint density at radius 1 is 1.19 bits per heavy atom. The van der Waals surface area contributed by atoms with Crippen LogP contribution >= 0.6 is 0 Å². The van der Waals surface area contributed by atoms with Crippen molar-refractivity contribution in [2.75, 3.05) is 14.2 Å². The number of ketones is 3. The zero-order valence-electron chi connectivity index (χ0n) is 23.4. The minimum absolute atomic E-state index is 0.0319. The van der Waals surface area contributed by atoms with Crippen molar-refractivity contribution in [2.24, 2.45) is 0 Å². The van der Waals surface area contributed by atoms with Crippen LogP contribution in [0.4, 0.5) is 0 Å². The summed E-state index contributed by atoms with van der Waals surface area (Å²) in [5.41, 5.74) is -1.58. The molecule has 1 saturated heterocycles. The van der Waals surface area contributed by atoms with Gasteiger partial charge in [-0.3, -0.25) is 14.4 Å². The Kier molecular flexibility index (Phi) is 7.87. The summed E-state index contributed by atoms with van der Waals surface area (Å²) in [5.74, 6) is -3.32. The fourth-order valence-corrected chi connectivity index (χ4v) is 6.18. The molecule has 0 amide bonds. The van der Waals surface area contributed by atoms with Gasteiger partial charge < -0.3 is 50.2 Å². The minimum Gasteiger partial charge on any atom is -0.815 e. The summed E-state index contributed by atoms with van der Waals surface area (Å²) in [6.07, 6.45) is -4.92. The molecular formula is C29H32N2O11-2. The third-order valence-electron chi connectivity index (χ3n) is 8.50. The van der Waals surface area contributed by atoms with Crippen molar-refractivity contribution in [3.8, 4) is 17.2 Å². The van der Waals surface area contributed by atoms with E-state index in [1.807, 2.05) is 0 Å². The number of carbonyl (C=O) groups excluding carboxylic acids is 3. The molecule has 2 aromatic rings. The summed E-state index contributed by atoms with van der Waals surface area (Å²) in [6.45, 7) is 3.89. The van der Waals surface area contributed by atoms with Crippen LogP contribution in [0.1, 0.15) is 75.8 Å². The number of Topliss-reactive ketones (excluding diaryl/α,β-unsaturated/α-hetero) is 1. The van der Waals surface area contributed by atoms with Crippen LogP contribution < -0.4 is 10.2 Å². The second-order valence-corrected chi connectivity index (χ2v) is 11.0. The number of fused-ring (bicyclic) bond motifs is 3. The Balaban J connectivity index is 1.63. The number of nitrogens with one attached hydrogen (secondary N) is 1. The molecule has 226 valence electrons. The minimum atomic E-state index is -2.05. The number of aliphatic hydroxyl groups is 2. The van der Waals surface area contributed by atoms with Crippen LogP contribution in [0, 0.1) is 11.9 Å². The highest BCUT2D eigenvalue weighted by molar-refractivity contribution is 6.31. The molecule has 5 rings (SSSR count). The molecule has 1 heterocycles.